The van der Waals surface area contributed by atoms with Crippen LogP contribution in [0.15, 0.2) is 54.7 Å². The summed E-state index contributed by atoms with van der Waals surface area (Å²) < 4.78 is 5.23. The minimum absolute atomic E-state index is 0.0244. The van der Waals surface area contributed by atoms with Crippen molar-refractivity contribution in [1.29, 1.82) is 0 Å². The number of nitrogens with one attached hydrogen (secondary N) is 1. The number of fused-ring (bicyclic) bond motifs is 1. The molecule has 0 aliphatic rings. The van der Waals surface area contributed by atoms with E-state index in [0.29, 0.717) is 5.56 Å². The quantitative estimate of drug-likeness (QED) is 0.733. The Morgan fingerprint density at radius 2 is 1.91 bits per heavy atom. The van der Waals surface area contributed by atoms with Gasteiger partial charge >= 0.3 is 0 Å². The van der Waals surface area contributed by atoms with Gasteiger partial charge in [-0.15, -0.1) is 0 Å². The molecule has 4 heteroatoms. The zero-order chi connectivity index (χ0) is 15.5. The molecule has 0 saturated heterocycles. The van der Waals surface area contributed by atoms with Gasteiger partial charge in [0.2, 0.25) is 0 Å². The maximum Gasteiger partial charge on any atom is 0.163 e. The van der Waals surface area contributed by atoms with E-state index in [1.165, 1.54) is 0 Å². The number of Topliss-reactive ketones (excluding diaryl/α,β-unsaturated/α-hetero) is 1. The molecule has 0 saturated carbocycles. The van der Waals surface area contributed by atoms with E-state index >= 15 is 0 Å². The molecule has 0 radical (unpaired) electrons. The Morgan fingerprint density at radius 3 is 2.59 bits per heavy atom. The number of hydrogen-bond donors (Lipinski definition) is 1. The average molecular weight is 292 g/mol. The number of benzene rings is 2. The summed E-state index contributed by atoms with van der Waals surface area (Å²) >= 11 is 0. The maximum atomic E-state index is 11.9. The molecule has 0 fully saturated rings. The lowest BCUT2D eigenvalue weighted by Gasteiger charge is -2.14. The predicted molar refractivity (Wildman–Crippen MR) is 88.0 cm³/mol. The van der Waals surface area contributed by atoms with Gasteiger partial charge in [0, 0.05) is 23.3 Å². The number of ketones is 1. The molecule has 110 valence electrons. The van der Waals surface area contributed by atoms with Crippen LogP contribution in [0.1, 0.15) is 17.3 Å². The van der Waals surface area contributed by atoms with Crippen LogP contribution in [-0.4, -0.2) is 17.9 Å². The smallest absolute Gasteiger partial charge is 0.163 e. The monoisotopic (exact) mass is 292 g/mol. The van der Waals surface area contributed by atoms with Crippen LogP contribution in [-0.2, 0) is 0 Å². The van der Waals surface area contributed by atoms with Gasteiger partial charge in [0.25, 0.3) is 0 Å². The van der Waals surface area contributed by atoms with Gasteiger partial charge in [-0.05, 0) is 31.2 Å². The summed E-state index contributed by atoms with van der Waals surface area (Å²) in [4.78, 5) is 16.3. The van der Waals surface area contributed by atoms with Gasteiger partial charge in [0.05, 0.1) is 23.9 Å². The second kappa shape index (κ2) is 5.85. The van der Waals surface area contributed by atoms with Gasteiger partial charge < -0.3 is 10.1 Å². The first-order chi connectivity index (χ1) is 10.7. The van der Waals surface area contributed by atoms with Crippen molar-refractivity contribution in [1.82, 2.24) is 4.98 Å². The van der Waals surface area contributed by atoms with Crippen molar-refractivity contribution in [2.75, 3.05) is 12.4 Å². The topological polar surface area (TPSA) is 51.2 Å². The largest absolute Gasteiger partial charge is 0.497 e. The van der Waals surface area contributed by atoms with Crippen LogP contribution in [0.2, 0.25) is 0 Å². The highest BCUT2D eigenvalue weighted by Crippen LogP contribution is 2.31. The standard InChI is InChI=1S/C18H16N2O2/c1-12(21)16-11-19-17-10-14(22-2)8-9-15(17)18(16)20-13-6-4-3-5-7-13/h3-11H,1-2H3,(H,19,20). The molecule has 3 rings (SSSR count). The molecule has 1 heterocycles. The van der Waals surface area contributed by atoms with Crippen molar-refractivity contribution in [3.63, 3.8) is 0 Å². The number of anilines is 2. The molecule has 0 aliphatic carbocycles. The number of rotatable bonds is 4. The molecule has 2 aromatic carbocycles. The van der Waals surface area contributed by atoms with E-state index in [0.717, 1.165) is 28.0 Å². The van der Waals surface area contributed by atoms with Crippen LogP contribution < -0.4 is 10.1 Å². The number of aromatic nitrogens is 1. The van der Waals surface area contributed by atoms with E-state index in [1.54, 1.807) is 20.2 Å². The van der Waals surface area contributed by atoms with Crippen LogP contribution in [0.3, 0.4) is 0 Å². The average Bonchev–Trinajstić information content (AvgIpc) is 2.55. The molecule has 0 aliphatic heterocycles. The van der Waals surface area contributed by atoms with Crippen molar-refractivity contribution in [3.8, 4) is 5.75 Å². The molecule has 22 heavy (non-hydrogen) atoms. The lowest BCUT2D eigenvalue weighted by atomic mass is 10.1. The van der Waals surface area contributed by atoms with Gasteiger partial charge in [-0.2, -0.15) is 0 Å². The number of pyridine rings is 1. The van der Waals surface area contributed by atoms with E-state index in [1.807, 2.05) is 48.5 Å². The summed E-state index contributed by atoms with van der Waals surface area (Å²) in [6, 6.07) is 15.4. The minimum Gasteiger partial charge on any atom is -0.497 e. The van der Waals surface area contributed by atoms with Crippen molar-refractivity contribution in [2.24, 2.45) is 0 Å². The Morgan fingerprint density at radius 1 is 1.14 bits per heavy atom. The third-order valence-electron chi connectivity index (χ3n) is 3.50. The van der Waals surface area contributed by atoms with Crippen molar-refractivity contribution in [3.05, 3.63) is 60.3 Å². The van der Waals surface area contributed by atoms with Gasteiger partial charge in [-0.25, -0.2) is 0 Å². The normalized spacial score (nSPS) is 10.5. The van der Waals surface area contributed by atoms with E-state index in [9.17, 15) is 4.79 Å². The highest BCUT2D eigenvalue weighted by atomic mass is 16.5. The number of para-hydroxylation sites is 1. The first-order valence-corrected chi connectivity index (χ1v) is 6.99. The fraction of sp³-hybridized carbons (Fsp3) is 0.111. The summed E-state index contributed by atoms with van der Waals surface area (Å²) in [5, 5.41) is 4.22. The SMILES string of the molecule is COc1ccc2c(Nc3ccccc3)c(C(C)=O)cnc2c1. The molecule has 0 atom stereocenters. The molecule has 0 bridgehead atoms. The molecule has 1 aromatic heterocycles. The molecule has 3 aromatic rings. The third kappa shape index (κ3) is 2.63. The van der Waals surface area contributed by atoms with E-state index in [-0.39, 0.29) is 5.78 Å². The summed E-state index contributed by atoms with van der Waals surface area (Å²) in [5.74, 6) is 0.713. The van der Waals surface area contributed by atoms with E-state index in [2.05, 4.69) is 10.3 Å². The van der Waals surface area contributed by atoms with Crippen molar-refractivity contribution in [2.45, 2.75) is 6.92 Å². The van der Waals surface area contributed by atoms with Crippen LogP contribution in [0.5, 0.6) is 5.75 Å². The molecule has 1 N–H and O–H groups in total. The van der Waals surface area contributed by atoms with Crippen LogP contribution >= 0.6 is 0 Å². The van der Waals surface area contributed by atoms with Crippen LogP contribution in [0.4, 0.5) is 11.4 Å². The fourth-order valence-electron chi connectivity index (χ4n) is 2.37. The first-order valence-electron chi connectivity index (χ1n) is 6.99. The van der Waals surface area contributed by atoms with Gasteiger partial charge in [-0.1, -0.05) is 18.2 Å². The number of nitrogens with zero attached hydrogens (tertiary/aromatic N) is 1. The Kier molecular flexibility index (Phi) is 3.74. The Bertz CT molecular complexity index is 829. The number of carbonyl (C=O) groups excluding carboxylic acids is 1. The minimum atomic E-state index is -0.0244. The number of hydrogen-bond acceptors (Lipinski definition) is 4. The lowest BCUT2D eigenvalue weighted by Crippen LogP contribution is -2.02. The third-order valence-corrected chi connectivity index (χ3v) is 3.50. The summed E-state index contributed by atoms with van der Waals surface area (Å²) in [7, 11) is 1.62. The summed E-state index contributed by atoms with van der Waals surface area (Å²) in [6.45, 7) is 1.54. The molecule has 4 nitrogen and oxygen atoms in total. The molecule has 0 spiro atoms. The number of ether oxygens (including phenoxy) is 1. The predicted octanol–water partition coefficient (Wildman–Crippen LogP) is 4.19. The van der Waals surface area contributed by atoms with Crippen LogP contribution in [0.25, 0.3) is 10.9 Å². The fourth-order valence-corrected chi connectivity index (χ4v) is 2.37. The molecular weight excluding hydrogens is 276 g/mol. The van der Waals surface area contributed by atoms with Crippen LogP contribution in [0, 0.1) is 0 Å². The van der Waals surface area contributed by atoms with E-state index in [4.69, 9.17) is 4.74 Å². The highest BCUT2D eigenvalue weighted by molar-refractivity contribution is 6.08. The molecular formula is C18H16N2O2. The molecule has 0 unspecified atom stereocenters. The van der Waals surface area contributed by atoms with Gasteiger partial charge in [0.1, 0.15) is 5.75 Å². The molecule has 0 amide bonds. The Labute approximate surface area is 128 Å². The highest BCUT2D eigenvalue weighted by Gasteiger charge is 2.13. The second-order valence-corrected chi connectivity index (χ2v) is 4.98. The van der Waals surface area contributed by atoms with E-state index < -0.39 is 0 Å². The maximum absolute atomic E-state index is 11.9. The zero-order valence-electron chi connectivity index (χ0n) is 12.5. The van der Waals surface area contributed by atoms with Crippen molar-refractivity contribution >= 4 is 28.1 Å². The van der Waals surface area contributed by atoms with Gasteiger partial charge in [-0.3, -0.25) is 9.78 Å². The number of carbonyl (C=O) groups is 1. The summed E-state index contributed by atoms with van der Waals surface area (Å²) in [6.07, 6.45) is 1.61. The second-order valence-electron chi connectivity index (χ2n) is 4.98. The Hall–Kier alpha value is -2.88. The zero-order valence-corrected chi connectivity index (χ0v) is 12.5. The Balaban J connectivity index is 2.19. The number of methoxy groups -OCH3 is 1. The van der Waals surface area contributed by atoms with Crippen molar-refractivity contribution < 1.29 is 9.53 Å². The first kappa shape index (κ1) is 14.1. The lowest BCUT2D eigenvalue weighted by molar-refractivity contribution is 0.101. The summed E-state index contributed by atoms with van der Waals surface area (Å²) in [5.41, 5.74) is 3.05. The van der Waals surface area contributed by atoms with Gasteiger partial charge in [0.15, 0.2) is 5.78 Å².